The van der Waals surface area contributed by atoms with E-state index in [0.29, 0.717) is 24.5 Å². The van der Waals surface area contributed by atoms with Crippen molar-refractivity contribution in [2.24, 2.45) is 11.7 Å². The lowest BCUT2D eigenvalue weighted by atomic mass is 9.97. The number of nitrogens with two attached hydrogens (primary N) is 1. The Bertz CT molecular complexity index is 916. The third-order valence-electron chi connectivity index (χ3n) is 5.01. The van der Waals surface area contributed by atoms with Crippen LogP contribution in [-0.4, -0.2) is 41.3 Å². The van der Waals surface area contributed by atoms with E-state index in [4.69, 9.17) is 10.5 Å². The zero-order valence-corrected chi connectivity index (χ0v) is 16.5. The molecule has 3 N–H and O–H groups in total. The Hall–Kier alpha value is -3.46. The van der Waals surface area contributed by atoms with Crippen molar-refractivity contribution in [2.75, 3.05) is 25.0 Å². The summed E-state index contributed by atoms with van der Waals surface area (Å²) in [4.78, 5) is 36.2. The Kier molecular flexibility index (Phi) is 6.97. The lowest BCUT2D eigenvalue weighted by Gasteiger charge is -2.31. The fourth-order valence-corrected chi connectivity index (χ4v) is 3.45. The van der Waals surface area contributed by atoms with Crippen LogP contribution in [0.4, 0.5) is 11.4 Å². The highest BCUT2D eigenvalue weighted by molar-refractivity contribution is 5.92. The molecule has 1 saturated heterocycles. The van der Waals surface area contributed by atoms with Crippen LogP contribution >= 0.6 is 0 Å². The van der Waals surface area contributed by atoms with E-state index in [2.05, 4.69) is 10.2 Å². The van der Waals surface area contributed by atoms with Crippen molar-refractivity contribution < 1.29 is 19.2 Å². The second kappa shape index (κ2) is 9.84. The number of nitrogens with zero attached hydrogens (tertiary/aromatic N) is 2. The molecule has 1 aliphatic rings. The summed E-state index contributed by atoms with van der Waals surface area (Å²) < 4.78 is 5.41. The molecule has 1 heterocycles. The van der Waals surface area contributed by atoms with Crippen LogP contribution in [0.1, 0.15) is 18.4 Å². The molecule has 3 rings (SSSR count). The summed E-state index contributed by atoms with van der Waals surface area (Å²) in [6.07, 6.45) is 1.72. The van der Waals surface area contributed by atoms with Crippen molar-refractivity contribution in [3.63, 3.8) is 0 Å². The molecule has 0 aliphatic carbocycles. The van der Waals surface area contributed by atoms with Crippen molar-refractivity contribution in [1.82, 2.24) is 4.90 Å². The molecular weight excluding hydrogens is 388 g/mol. The number of para-hydroxylation sites is 1. The van der Waals surface area contributed by atoms with Crippen molar-refractivity contribution >= 4 is 23.2 Å². The van der Waals surface area contributed by atoms with Crippen molar-refractivity contribution in [1.29, 1.82) is 0 Å². The third-order valence-corrected chi connectivity index (χ3v) is 5.01. The van der Waals surface area contributed by atoms with Gasteiger partial charge in [-0.1, -0.05) is 18.2 Å². The third kappa shape index (κ3) is 5.77. The number of amides is 2. The lowest BCUT2D eigenvalue weighted by Crippen LogP contribution is -2.40. The van der Waals surface area contributed by atoms with E-state index >= 15 is 0 Å². The van der Waals surface area contributed by atoms with Gasteiger partial charge >= 0.3 is 0 Å². The minimum atomic E-state index is -0.499. The van der Waals surface area contributed by atoms with E-state index in [1.807, 2.05) is 24.3 Å². The Morgan fingerprint density at radius 3 is 2.63 bits per heavy atom. The number of piperidine rings is 1. The van der Waals surface area contributed by atoms with Crippen LogP contribution in [0, 0.1) is 16.0 Å². The highest BCUT2D eigenvalue weighted by atomic mass is 16.6. The van der Waals surface area contributed by atoms with Crippen LogP contribution in [-0.2, 0) is 16.1 Å². The molecule has 9 heteroatoms. The molecule has 2 aromatic carbocycles. The standard InChI is InChI=1S/C21H24N4O5/c22-21(27)16-5-3-11-24(13-16)12-15-4-1-2-6-19(15)23-20(26)14-30-18-9-7-17(8-10-18)25(28)29/h1-2,4,6-10,16H,3,5,11-14H2,(H2,22,27)(H,23,26). The number of nitro benzene ring substituents is 1. The molecule has 1 unspecified atom stereocenters. The molecule has 0 aromatic heterocycles. The van der Waals surface area contributed by atoms with Gasteiger partial charge in [0.2, 0.25) is 5.91 Å². The number of carbonyl (C=O) groups is 2. The molecule has 1 aliphatic heterocycles. The van der Waals surface area contributed by atoms with Gasteiger partial charge in [-0.25, -0.2) is 0 Å². The van der Waals surface area contributed by atoms with Gasteiger partial charge in [0.1, 0.15) is 5.75 Å². The molecule has 158 valence electrons. The topological polar surface area (TPSA) is 128 Å². The van der Waals surface area contributed by atoms with Gasteiger partial charge in [-0.2, -0.15) is 0 Å². The highest BCUT2D eigenvalue weighted by Crippen LogP contribution is 2.22. The summed E-state index contributed by atoms with van der Waals surface area (Å²) in [5, 5.41) is 13.5. The van der Waals surface area contributed by atoms with E-state index in [1.54, 1.807) is 0 Å². The maximum atomic E-state index is 12.3. The first kappa shape index (κ1) is 21.3. The molecule has 0 radical (unpaired) electrons. The number of hydrogen-bond donors (Lipinski definition) is 2. The molecule has 2 aromatic rings. The first-order valence-electron chi connectivity index (χ1n) is 9.69. The average Bonchev–Trinajstić information content (AvgIpc) is 2.74. The summed E-state index contributed by atoms with van der Waals surface area (Å²) in [7, 11) is 0. The highest BCUT2D eigenvalue weighted by Gasteiger charge is 2.24. The molecular formula is C21H24N4O5. The van der Waals surface area contributed by atoms with Gasteiger partial charge < -0.3 is 15.8 Å². The van der Waals surface area contributed by atoms with Gasteiger partial charge in [-0.05, 0) is 43.1 Å². The fourth-order valence-electron chi connectivity index (χ4n) is 3.45. The summed E-state index contributed by atoms with van der Waals surface area (Å²) >= 11 is 0. The second-order valence-corrected chi connectivity index (χ2v) is 7.22. The number of benzene rings is 2. The van der Waals surface area contributed by atoms with Crippen LogP contribution in [0.15, 0.2) is 48.5 Å². The predicted molar refractivity (Wildman–Crippen MR) is 111 cm³/mol. The molecule has 2 amide bonds. The maximum Gasteiger partial charge on any atom is 0.269 e. The zero-order chi connectivity index (χ0) is 21.5. The average molecular weight is 412 g/mol. The van der Waals surface area contributed by atoms with Crippen molar-refractivity contribution in [3.05, 3.63) is 64.2 Å². The number of likely N-dealkylation sites (tertiary alicyclic amines) is 1. The van der Waals surface area contributed by atoms with Crippen LogP contribution in [0.5, 0.6) is 5.75 Å². The number of anilines is 1. The normalized spacial score (nSPS) is 16.6. The Balaban J connectivity index is 1.56. The van der Waals surface area contributed by atoms with Crippen LogP contribution in [0.2, 0.25) is 0 Å². The zero-order valence-electron chi connectivity index (χ0n) is 16.5. The summed E-state index contributed by atoms with van der Waals surface area (Å²) in [5.74, 6) is -0.385. The number of non-ortho nitro benzene ring substituents is 1. The van der Waals surface area contributed by atoms with Gasteiger partial charge in [0.25, 0.3) is 11.6 Å². The van der Waals surface area contributed by atoms with Gasteiger partial charge in [0.15, 0.2) is 6.61 Å². The predicted octanol–water partition coefficient (Wildman–Crippen LogP) is 2.31. The molecule has 0 bridgehead atoms. The molecule has 30 heavy (non-hydrogen) atoms. The summed E-state index contributed by atoms with van der Waals surface area (Å²) in [5.41, 5.74) is 7.02. The smallest absolute Gasteiger partial charge is 0.269 e. The van der Waals surface area contributed by atoms with Crippen LogP contribution in [0.25, 0.3) is 0 Å². The Morgan fingerprint density at radius 1 is 1.20 bits per heavy atom. The van der Waals surface area contributed by atoms with Gasteiger partial charge in [-0.15, -0.1) is 0 Å². The Labute approximate surface area is 174 Å². The van der Waals surface area contributed by atoms with E-state index < -0.39 is 4.92 Å². The van der Waals surface area contributed by atoms with Gasteiger partial charge in [0, 0.05) is 30.9 Å². The fraction of sp³-hybridized carbons (Fsp3) is 0.333. The number of nitrogens with one attached hydrogen (secondary N) is 1. The quantitative estimate of drug-likeness (QED) is 0.506. The molecule has 9 nitrogen and oxygen atoms in total. The largest absolute Gasteiger partial charge is 0.484 e. The van der Waals surface area contributed by atoms with E-state index in [9.17, 15) is 19.7 Å². The van der Waals surface area contributed by atoms with Crippen molar-refractivity contribution in [2.45, 2.75) is 19.4 Å². The molecule has 1 fully saturated rings. The van der Waals surface area contributed by atoms with Crippen molar-refractivity contribution in [3.8, 4) is 5.75 Å². The summed E-state index contributed by atoms with van der Waals surface area (Å²) in [6.45, 7) is 1.86. The number of rotatable bonds is 8. The maximum absolute atomic E-state index is 12.3. The van der Waals surface area contributed by atoms with E-state index in [0.717, 1.165) is 24.9 Å². The lowest BCUT2D eigenvalue weighted by molar-refractivity contribution is -0.384. The van der Waals surface area contributed by atoms with Gasteiger partial charge in [-0.3, -0.25) is 24.6 Å². The molecule has 0 saturated carbocycles. The summed E-state index contributed by atoms with van der Waals surface area (Å²) in [6, 6.07) is 13.0. The molecule has 0 spiro atoms. The van der Waals surface area contributed by atoms with Crippen LogP contribution in [0.3, 0.4) is 0 Å². The number of nitro groups is 1. The van der Waals surface area contributed by atoms with E-state index in [1.165, 1.54) is 24.3 Å². The first-order valence-corrected chi connectivity index (χ1v) is 9.69. The Morgan fingerprint density at radius 2 is 1.93 bits per heavy atom. The minimum Gasteiger partial charge on any atom is -0.484 e. The minimum absolute atomic E-state index is 0.0444. The van der Waals surface area contributed by atoms with E-state index in [-0.39, 0.29) is 30.0 Å². The number of hydrogen-bond acceptors (Lipinski definition) is 6. The van der Waals surface area contributed by atoms with Gasteiger partial charge in [0.05, 0.1) is 10.8 Å². The first-order chi connectivity index (χ1) is 14.4. The molecule has 1 atom stereocenters. The number of ether oxygens (including phenoxy) is 1. The second-order valence-electron chi connectivity index (χ2n) is 7.22. The number of carbonyl (C=O) groups excluding carboxylic acids is 2. The SMILES string of the molecule is NC(=O)C1CCCN(Cc2ccccc2NC(=O)COc2ccc([N+](=O)[O-])cc2)C1. The van der Waals surface area contributed by atoms with Crippen LogP contribution < -0.4 is 15.8 Å². The monoisotopic (exact) mass is 412 g/mol. The number of primary amides is 1.